The molecule has 0 bridgehead atoms. The summed E-state index contributed by atoms with van der Waals surface area (Å²) in [5.41, 5.74) is -5.25. The van der Waals surface area contributed by atoms with Crippen molar-refractivity contribution in [3.8, 4) is 0 Å². The third-order valence-electron chi connectivity index (χ3n) is 1.65. The monoisotopic (exact) mass is 289 g/mol. The molecular weight excluding hydrogens is 283 g/mol. The molecule has 10 heteroatoms. The summed E-state index contributed by atoms with van der Waals surface area (Å²) in [6, 6.07) is 1.03. The summed E-state index contributed by atoms with van der Waals surface area (Å²) < 4.78 is 58.8. The zero-order chi connectivity index (χ0) is 13.4. The number of halogens is 3. The number of aromatic carboxylic acids is 1. The smallest absolute Gasteiger partial charge is 0.477 e. The van der Waals surface area contributed by atoms with Crippen molar-refractivity contribution in [1.82, 2.24) is 0 Å². The van der Waals surface area contributed by atoms with Gasteiger partial charge in [0.25, 0.3) is 0 Å². The van der Waals surface area contributed by atoms with E-state index in [2.05, 4.69) is 0 Å². The van der Waals surface area contributed by atoms with Gasteiger partial charge in [-0.25, -0.2) is 4.79 Å². The summed E-state index contributed by atoms with van der Waals surface area (Å²) in [4.78, 5) is 10.4. The molecule has 0 radical (unpaired) electrons. The number of anilines is 1. The van der Waals surface area contributed by atoms with Gasteiger partial charge in [-0.2, -0.15) is 21.6 Å². The highest BCUT2D eigenvalue weighted by molar-refractivity contribution is 7.93. The summed E-state index contributed by atoms with van der Waals surface area (Å²) in [6.07, 6.45) is 0. The van der Waals surface area contributed by atoms with Gasteiger partial charge in [-0.05, 0) is 18.6 Å². The number of carboxylic acids is 1. The van der Waals surface area contributed by atoms with E-state index in [9.17, 15) is 26.4 Å². The predicted molar refractivity (Wildman–Crippen MR) is 54.6 cm³/mol. The minimum Gasteiger partial charge on any atom is -0.477 e. The van der Waals surface area contributed by atoms with Gasteiger partial charge in [0.05, 0.1) is 0 Å². The molecule has 0 aliphatic carbocycles. The van der Waals surface area contributed by atoms with Gasteiger partial charge in [0.2, 0.25) is 0 Å². The Morgan fingerprint density at radius 2 is 2.00 bits per heavy atom. The van der Waals surface area contributed by atoms with Crippen LogP contribution in [0.25, 0.3) is 0 Å². The van der Waals surface area contributed by atoms with Crippen LogP contribution in [0.5, 0.6) is 0 Å². The molecule has 1 heterocycles. The number of alkyl halides is 3. The third kappa shape index (κ3) is 2.88. The Bertz CT molecular complexity index is 546. The second-order valence-electron chi connectivity index (χ2n) is 2.98. The Hall–Kier alpha value is -1.29. The first kappa shape index (κ1) is 13.8. The standard InChI is InChI=1S/C7H6F3NO4S2/c1-3-2-4(16-5(3)6(12)13)11-17(14,15)7(8,9)10/h2,11H,1H3,(H,12,13). The van der Waals surface area contributed by atoms with Gasteiger partial charge in [0, 0.05) is 0 Å². The van der Waals surface area contributed by atoms with E-state index in [0.29, 0.717) is 11.3 Å². The molecule has 0 aliphatic rings. The van der Waals surface area contributed by atoms with Crippen molar-refractivity contribution >= 4 is 32.3 Å². The van der Waals surface area contributed by atoms with Crippen molar-refractivity contribution in [3.63, 3.8) is 0 Å². The molecule has 0 aliphatic heterocycles. The van der Waals surface area contributed by atoms with Gasteiger partial charge in [-0.3, -0.25) is 4.72 Å². The van der Waals surface area contributed by atoms with Crippen LogP contribution in [0.2, 0.25) is 0 Å². The minimum absolute atomic E-state index is 0.183. The Morgan fingerprint density at radius 1 is 1.47 bits per heavy atom. The van der Waals surface area contributed by atoms with Crippen molar-refractivity contribution in [2.24, 2.45) is 0 Å². The van der Waals surface area contributed by atoms with E-state index in [1.165, 1.54) is 11.6 Å². The summed E-state index contributed by atoms with van der Waals surface area (Å²) in [5, 5.41) is 8.26. The van der Waals surface area contributed by atoms with E-state index >= 15 is 0 Å². The first-order chi connectivity index (χ1) is 7.54. The molecule has 0 aromatic carbocycles. The zero-order valence-corrected chi connectivity index (χ0v) is 9.83. The third-order valence-corrected chi connectivity index (χ3v) is 4.02. The fraction of sp³-hybridized carbons (Fsp3) is 0.286. The number of thiophene rings is 1. The number of hydrogen-bond donors (Lipinski definition) is 2. The largest absolute Gasteiger partial charge is 0.516 e. The fourth-order valence-electron chi connectivity index (χ4n) is 0.935. The highest BCUT2D eigenvalue weighted by Gasteiger charge is 2.46. The maximum absolute atomic E-state index is 12.0. The van der Waals surface area contributed by atoms with Crippen LogP contribution in [0.15, 0.2) is 6.07 Å². The van der Waals surface area contributed by atoms with Gasteiger partial charge >= 0.3 is 21.5 Å². The second kappa shape index (κ2) is 4.18. The van der Waals surface area contributed by atoms with Gasteiger partial charge in [0.15, 0.2) is 0 Å². The van der Waals surface area contributed by atoms with Gasteiger partial charge in [0.1, 0.15) is 9.88 Å². The van der Waals surface area contributed by atoms with E-state index in [0.717, 1.165) is 6.07 Å². The van der Waals surface area contributed by atoms with Crippen LogP contribution < -0.4 is 4.72 Å². The van der Waals surface area contributed by atoms with Gasteiger partial charge in [-0.1, -0.05) is 0 Å². The number of rotatable bonds is 3. The SMILES string of the molecule is Cc1cc(NS(=O)(=O)C(F)(F)F)sc1C(=O)O. The van der Waals surface area contributed by atoms with E-state index in [-0.39, 0.29) is 10.4 Å². The van der Waals surface area contributed by atoms with Crippen LogP contribution in [0.4, 0.5) is 18.2 Å². The number of aryl methyl sites for hydroxylation is 1. The van der Waals surface area contributed by atoms with Crippen molar-refractivity contribution in [3.05, 3.63) is 16.5 Å². The maximum atomic E-state index is 12.0. The Balaban J connectivity index is 3.06. The van der Waals surface area contributed by atoms with Crippen LogP contribution in [0.3, 0.4) is 0 Å². The van der Waals surface area contributed by atoms with Crippen molar-refractivity contribution in [2.75, 3.05) is 4.72 Å². The van der Waals surface area contributed by atoms with E-state index in [1.807, 2.05) is 0 Å². The highest BCUT2D eigenvalue weighted by atomic mass is 32.2. The van der Waals surface area contributed by atoms with Crippen molar-refractivity contribution in [2.45, 2.75) is 12.4 Å². The lowest BCUT2D eigenvalue weighted by atomic mass is 10.3. The first-order valence-corrected chi connectivity index (χ1v) is 6.27. The Morgan fingerprint density at radius 3 is 2.35 bits per heavy atom. The molecule has 96 valence electrons. The molecule has 0 saturated carbocycles. The van der Waals surface area contributed by atoms with Crippen LogP contribution in [-0.4, -0.2) is 25.0 Å². The van der Waals surface area contributed by atoms with Gasteiger partial charge < -0.3 is 5.11 Å². The number of carboxylic acid groups (broad SMARTS) is 1. The zero-order valence-electron chi connectivity index (χ0n) is 8.20. The van der Waals surface area contributed by atoms with Gasteiger partial charge in [-0.15, -0.1) is 11.3 Å². The van der Waals surface area contributed by atoms with Crippen molar-refractivity contribution in [1.29, 1.82) is 0 Å². The molecular formula is C7H6F3NO4S2. The van der Waals surface area contributed by atoms with Crippen LogP contribution in [-0.2, 0) is 10.0 Å². The average Bonchev–Trinajstić information content (AvgIpc) is 2.43. The molecule has 5 nitrogen and oxygen atoms in total. The maximum Gasteiger partial charge on any atom is 0.516 e. The molecule has 0 saturated heterocycles. The topological polar surface area (TPSA) is 83.5 Å². The highest BCUT2D eigenvalue weighted by Crippen LogP contribution is 2.31. The van der Waals surface area contributed by atoms with Crippen LogP contribution in [0.1, 0.15) is 15.2 Å². The number of hydrogen-bond acceptors (Lipinski definition) is 4. The predicted octanol–water partition coefficient (Wildman–Crippen LogP) is 2.02. The summed E-state index contributed by atoms with van der Waals surface area (Å²) in [7, 11) is -5.51. The normalized spacial score (nSPS) is 12.5. The molecule has 2 N–H and O–H groups in total. The molecule has 0 amide bonds. The molecule has 0 fully saturated rings. The number of sulfonamides is 1. The minimum atomic E-state index is -5.51. The van der Waals surface area contributed by atoms with E-state index in [1.54, 1.807) is 0 Å². The number of nitrogens with one attached hydrogen (secondary N) is 1. The lowest BCUT2D eigenvalue weighted by Crippen LogP contribution is -2.29. The summed E-state index contributed by atoms with van der Waals surface area (Å²) in [6.45, 7) is 1.35. The van der Waals surface area contributed by atoms with Crippen LogP contribution in [0, 0.1) is 6.92 Å². The lowest BCUT2D eigenvalue weighted by Gasteiger charge is -2.08. The number of carbonyl (C=O) groups is 1. The molecule has 1 aromatic heterocycles. The average molecular weight is 289 g/mol. The van der Waals surface area contributed by atoms with E-state index < -0.39 is 26.5 Å². The molecule has 0 spiro atoms. The Kier molecular flexibility index (Phi) is 3.39. The quantitative estimate of drug-likeness (QED) is 0.891. The fourth-order valence-corrected chi connectivity index (χ4v) is 2.63. The van der Waals surface area contributed by atoms with Crippen molar-refractivity contribution < 1.29 is 31.5 Å². The lowest BCUT2D eigenvalue weighted by molar-refractivity contribution is -0.0429. The molecule has 1 rings (SSSR count). The summed E-state index contributed by atoms with van der Waals surface area (Å²) >= 11 is 0.421. The first-order valence-electron chi connectivity index (χ1n) is 3.97. The summed E-state index contributed by atoms with van der Waals surface area (Å²) in [5.74, 6) is -1.33. The van der Waals surface area contributed by atoms with E-state index in [4.69, 9.17) is 5.11 Å². The second-order valence-corrected chi connectivity index (χ2v) is 5.71. The molecule has 17 heavy (non-hydrogen) atoms. The molecule has 0 atom stereocenters. The van der Waals surface area contributed by atoms with Crippen LogP contribution >= 0.6 is 11.3 Å². The molecule has 0 unspecified atom stereocenters. The molecule has 1 aromatic rings. The Labute approximate surface area is 97.9 Å².